The molecule has 3 heteroatoms. The van der Waals surface area contributed by atoms with Crippen LogP contribution < -0.4 is 5.73 Å². The molecule has 19 heavy (non-hydrogen) atoms. The minimum Gasteiger partial charge on any atom is -0.322 e. The molecule has 0 aliphatic carbocycles. The maximum absolute atomic E-state index is 6.15. The predicted molar refractivity (Wildman–Crippen MR) is 77.8 cm³/mol. The number of benzene rings is 1. The second-order valence-corrected chi connectivity index (χ2v) is 5.89. The minimum atomic E-state index is -0.103. The lowest BCUT2D eigenvalue weighted by atomic mass is 9.86. The zero-order valence-corrected chi connectivity index (χ0v) is 11.8. The van der Waals surface area contributed by atoms with Crippen molar-refractivity contribution in [2.24, 2.45) is 5.73 Å². The fraction of sp³-hybridized carbons (Fsp3) is 0.375. The van der Waals surface area contributed by atoms with E-state index in [4.69, 9.17) is 5.73 Å². The second kappa shape index (κ2) is 5.49. The molecule has 0 saturated carbocycles. The summed E-state index contributed by atoms with van der Waals surface area (Å²) in [6.07, 6.45) is 5.85. The van der Waals surface area contributed by atoms with E-state index in [0.717, 1.165) is 12.1 Å². The summed E-state index contributed by atoms with van der Waals surface area (Å²) in [6.45, 7) is 6.65. The number of hydrogen-bond donors (Lipinski definition) is 1. The van der Waals surface area contributed by atoms with E-state index in [1.54, 1.807) is 18.6 Å². The first kappa shape index (κ1) is 13.7. The summed E-state index contributed by atoms with van der Waals surface area (Å²) in [7, 11) is 0. The van der Waals surface area contributed by atoms with E-state index in [1.165, 1.54) is 11.1 Å². The Balaban J connectivity index is 2.08. The van der Waals surface area contributed by atoms with Crippen LogP contribution in [0.5, 0.6) is 0 Å². The van der Waals surface area contributed by atoms with E-state index >= 15 is 0 Å². The van der Waals surface area contributed by atoms with Crippen LogP contribution in [0.2, 0.25) is 0 Å². The number of nitrogens with two attached hydrogens (primary N) is 1. The highest BCUT2D eigenvalue weighted by Gasteiger charge is 2.14. The van der Waals surface area contributed by atoms with Crippen LogP contribution in [0.3, 0.4) is 0 Å². The third-order valence-electron chi connectivity index (χ3n) is 3.24. The Kier molecular flexibility index (Phi) is 3.96. The Morgan fingerprint density at radius 3 is 2.32 bits per heavy atom. The average Bonchev–Trinajstić information content (AvgIpc) is 2.39. The fourth-order valence-electron chi connectivity index (χ4n) is 2.00. The standard InChI is InChI=1S/C16H21N3/c1-16(2,3)13-6-4-12(5-7-13)10-14(17)15-11-18-8-9-19-15/h4-9,11,14H,10,17H2,1-3H3. The van der Waals surface area contributed by atoms with Gasteiger partial charge in [-0.1, -0.05) is 45.0 Å². The van der Waals surface area contributed by atoms with E-state index in [1.807, 2.05) is 0 Å². The first-order valence-electron chi connectivity index (χ1n) is 6.58. The molecule has 0 saturated heterocycles. The number of hydrogen-bond acceptors (Lipinski definition) is 3. The molecule has 1 aromatic carbocycles. The lowest BCUT2D eigenvalue weighted by Gasteiger charge is -2.19. The van der Waals surface area contributed by atoms with Crippen LogP contribution in [-0.2, 0) is 11.8 Å². The van der Waals surface area contributed by atoms with Crippen LogP contribution in [0.4, 0.5) is 0 Å². The van der Waals surface area contributed by atoms with Crippen LogP contribution >= 0.6 is 0 Å². The lowest BCUT2D eigenvalue weighted by molar-refractivity contribution is 0.589. The molecule has 1 atom stereocenters. The largest absolute Gasteiger partial charge is 0.322 e. The Morgan fingerprint density at radius 1 is 1.11 bits per heavy atom. The summed E-state index contributed by atoms with van der Waals surface area (Å²) >= 11 is 0. The zero-order chi connectivity index (χ0) is 13.9. The van der Waals surface area contributed by atoms with Crippen LogP contribution in [-0.4, -0.2) is 9.97 Å². The van der Waals surface area contributed by atoms with E-state index in [9.17, 15) is 0 Å². The molecule has 100 valence electrons. The summed E-state index contributed by atoms with van der Waals surface area (Å²) < 4.78 is 0. The van der Waals surface area contributed by atoms with Gasteiger partial charge in [-0.15, -0.1) is 0 Å². The molecule has 0 radical (unpaired) electrons. The van der Waals surface area contributed by atoms with Gasteiger partial charge in [-0.05, 0) is 23.0 Å². The second-order valence-electron chi connectivity index (χ2n) is 5.89. The van der Waals surface area contributed by atoms with Gasteiger partial charge in [0.2, 0.25) is 0 Å². The summed E-state index contributed by atoms with van der Waals surface area (Å²) in [5, 5.41) is 0. The molecule has 0 bridgehead atoms. The number of nitrogens with zero attached hydrogens (tertiary/aromatic N) is 2. The van der Waals surface area contributed by atoms with Gasteiger partial charge in [0.15, 0.2) is 0 Å². The van der Waals surface area contributed by atoms with Crippen LogP contribution in [0.1, 0.15) is 43.6 Å². The van der Waals surface area contributed by atoms with Crippen molar-refractivity contribution >= 4 is 0 Å². The van der Waals surface area contributed by atoms with Gasteiger partial charge in [0.1, 0.15) is 0 Å². The molecule has 2 aromatic rings. The van der Waals surface area contributed by atoms with Crippen LogP contribution in [0.15, 0.2) is 42.9 Å². The quantitative estimate of drug-likeness (QED) is 0.917. The average molecular weight is 255 g/mol. The van der Waals surface area contributed by atoms with Gasteiger partial charge in [0.25, 0.3) is 0 Å². The molecule has 0 aliphatic heterocycles. The van der Waals surface area contributed by atoms with E-state index in [2.05, 4.69) is 55.0 Å². The monoisotopic (exact) mass is 255 g/mol. The molecule has 0 fully saturated rings. The molecule has 2 N–H and O–H groups in total. The Hall–Kier alpha value is -1.74. The van der Waals surface area contributed by atoms with Crippen molar-refractivity contribution in [1.82, 2.24) is 9.97 Å². The third-order valence-corrected chi connectivity index (χ3v) is 3.24. The fourth-order valence-corrected chi connectivity index (χ4v) is 2.00. The first-order valence-corrected chi connectivity index (χ1v) is 6.58. The molecule has 0 aliphatic rings. The van der Waals surface area contributed by atoms with Crippen molar-refractivity contribution in [3.8, 4) is 0 Å². The highest BCUT2D eigenvalue weighted by Crippen LogP contribution is 2.23. The molecule has 0 spiro atoms. The number of rotatable bonds is 3. The van der Waals surface area contributed by atoms with Crippen molar-refractivity contribution in [2.75, 3.05) is 0 Å². The summed E-state index contributed by atoms with van der Waals surface area (Å²) in [4.78, 5) is 8.30. The SMILES string of the molecule is CC(C)(C)c1ccc(CC(N)c2cnccn2)cc1. The molecule has 0 amide bonds. The van der Waals surface area contributed by atoms with Crippen LogP contribution in [0.25, 0.3) is 0 Å². The molecule has 1 unspecified atom stereocenters. The van der Waals surface area contributed by atoms with Gasteiger partial charge < -0.3 is 5.73 Å². The van der Waals surface area contributed by atoms with Gasteiger partial charge >= 0.3 is 0 Å². The van der Waals surface area contributed by atoms with Gasteiger partial charge in [-0.2, -0.15) is 0 Å². The molecule has 1 heterocycles. The smallest absolute Gasteiger partial charge is 0.0757 e. The first-order chi connectivity index (χ1) is 8.97. The molecular formula is C16H21N3. The summed E-state index contributed by atoms with van der Waals surface area (Å²) in [5.74, 6) is 0. The highest BCUT2D eigenvalue weighted by molar-refractivity contribution is 5.28. The van der Waals surface area contributed by atoms with Crippen molar-refractivity contribution in [3.63, 3.8) is 0 Å². The van der Waals surface area contributed by atoms with Crippen molar-refractivity contribution in [2.45, 2.75) is 38.6 Å². The Labute approximate surface area is 114 Å². The maximum atomic E-state index is 6.15. The molecule has 2 rings (SSSR count). The van der Waals surface area contributed by atoms with Gasteiger partial charge in [-0.3, -0.25) is 9.97 Å². The van der Waals surface area contributed by atoms with E-state index in [-0.39, 0.29) is 11.5 Å². The minimum absolute atomic E-state index is 0.103. The van der Waals surface area contributed by atoms with Crippen molar-refractivity contribution < 1.29 is 0 Å². The van der Waals surface area contributed by atoms with Crippen molar-refractivity contribution in [3.05, 3.63) is 59.7 Å². The van der Waals surface area contributed by atoms with Gasteiger partial charge in [0, 0.05) is 18.6 Å². The lowest BCUT2D eigenvalue weighted by Crippen LogP contribution is -2.15. The number of aromatic nitrogens is 2. The topological polar surface area (TPSA) is 51.8 Å². The van der Waals surface area contributed by atoms with Gasteiger partial charge in [-0.25, -0.2) is 0 Å². The Bertz CT molecular complexity index is 512. The molecular weight excluding hydrogens is 234 g/mol. The molecule has 1 aromatic heterocycles. The van der Waals surface area contributed by atoms with Crippen LogP contribution in [0, 0.1) is 0 Å². The third kappa shape index (κ3) is 3.61. The predicted octanol–water partition coefficient (Wildman–Crippen LogP) is 3.02. The summed E-state index contributed by atoms with van der Waals surface area (Å²) in [5.41, 5.74) is 9.74. The van der Waals surface area contributed by atoms with Crippen molar-refractivity contribution in [1.29, 1.82) is 0 Å². The summed E-state index contributed by atoms with van der Waals surface area (Å²) in [6, 6.07) is 8.56. The van der Waals surface area contributed by atoms with E-state index < -0.39 is 0 Å². The van der Waals surface area contributed by atoms with E-state index in [0.29, 0.717) is 0 Å². The zero-order valence-electron chi connectivity index (χ0n) is 11.8. The Morgan fingerprint density at radius 2 is 1.79 bits per heavy atom. The highest BCUT2D eigenvalue weighted by atomic mass is 14.8. The normalized spacial score (nSPS) is 13.3. The molecule has 3 nitrogen and oxygen atoms in total. The maximum Gasteiger partial charge on any atom is 0.0757 e. The van der Waals surface area contributed by atoms with Gasteiger partial charge in [0.05, 0.1) is 11.7 Å².